The van der Waals surface area contributed by atoms with Gasteiger partial charge in [-0.1, -0.05) is 161 Å². The number of esters is 4. The van der Waals surface area contributed by atoms with Gasteiger partial charge >= 0.3 is 23.9 Å². The quantitative estimate of drug-likeness (QED) is 0.0114. The molecular weight excluding hydrogens is 1270 g/mol. The number of carbonyl (C=O) groups excluding carboxylic acids is 4. The molecule has 9 aromatic rings. The average molecular weight is 1340 g/mol. The second-order valence-electron chi connectivity index (χ2n) is 20.5. The summed E-state index contributed by atoms with van der Waals surface area (Å²) in [5, 5.41) is 0. The van der Waals surface area contributed by atoms with E-state index in [9.17, 15) is 45.5 Å². The highest BCUT2D eigenvalue weighted by Crippen LogP contribution is 2.37. The lowest BCUT2D eigenvalue weighted by Crippen LogP contribution is -2.10. The van der Waals surface area contributed by atoms with E-state index in [2.05, 4.69) is 39.5 Å². The Kier molecular flexibility index (Phi) is 27.1. The molecule has 502 valence electrons. The zero-order valence-corrected chi connectivity index (χ0v) is 53.1. The fraction of sp³-hybridized carbons (Fsp3) is 0.103. The van der Waals surface area contributed by atoms with Crippen molar-refractivity contribution >= 4 is 23.9 Å². The minimum absolute atomic E-state index is 0.0786. The van der Waals surface area contributed by atoms with E-state index in [0.717, 1.165) is 12.2 Å². The van der Waals surface area contributed by atoms with Crippen LogP contribution in [0, 0.1) is 34.9 Å². The van der Waals surface area contributed by atoms with Gasteiger partial charge in [-0.3, -0.25) is 0 Å². The Morgan fingerprint density at radius 3 is 0.653 bits per heavy atom. The van der Waals surface area contributed by atoms with Crippen molar-refractivity contribution in [3.05, 3.63) is 292 Å². The van der Waals surface area contributed by atoms with Crippen molar-refractivity contribution < 1.29 is 92.9 Å². The van der Waals surface area contributed by atoms with Crippen LogP contribution in [0.1, 0.15) is 13.8 Å². The number of carbonyl (C=O) groups is 4. The van der Waals surface area contributed by atoms with Gasteiger partial charge in [0.25, 0.3) is 0 Å². The van der Waals surface area contributed by atoms with Gasteiger partial charge < -0.3 is 47.4 Å². The first-order valence-electron chi connectivity index (χ1n) is 29.5. The largest absolute Gasteiger partial charge is 0.490 e. The third kappa shape index (κ3) is 20.6. The van der Waals surface area contributed by atoms with E-state index in [1.54, 1.807) is 170 Å². The number of benzene rings is 9. The number of hydrogen-bond acceptors (Lipinski definition) is 14. The fourth-order valence-electron chi connectivity index (χ4n) is 8.66. The Morgan fingerprint density at radius 1 is 0.296 bits per heavy atom. The number of hydrogen-bond donors (Lipinski definition) is 0. The third-order valence-electron chi connectivity index (χ3n) is 13.7. The van der Waals surface area contributed by atoms with E-state index in [1.165, 1.54) is 38.1 Å². The molecule has 0 bridgehead atoms. The van der Waals surface area contributed by atoms with Crippen molar-refractivity contribution in [2.45, 2.75) is 13.8 Å². The summed E-state index contributed by atoms with van der Waals surface area (Å²) in [7, 11) is 0. The minimum atomic E-state index is -0.997. The van der Waals surface area contributed by atoms with Crippen molar-refractivity contribution in [1.82, 2.24) is 0 Å². The van der Waals surface area contributed by atoms with Gasteiger partial charge in [0.1, 0.15) is 47.7 Å². The summed E-state index contributed by atoms with van der Waals surface area (Å²) < 4.78 is 140. The Morgan fingerprint density at radius 2 is 0.480 bits per heavy atom. The molecule has 0 atom stereocenters. The summed E-state index contributed by atoms with van der Waals surface area (Å²) in [6.07, 6.45) is 5.30. The molecule has 0 N–H and O–H groups in total. The number of rotatable bonds is 28. The first-order valence-corrected chi connectivity index (χ1v) is 29.5. The summed E-state index contributed by atoms with van der Waals surface area (Å²) in [6, 6.07) is 47.7. The lowest BCUT2D eigenvalue weighted by Gasteiger charge is -2.11. The molecule has 0 unspecified atom stereocenters. The Hall–Kier alpha value is -12.3. The first kappa shape index (κ1) is 73.1. The standard InChI is InChI=1S/C28H24F2O6.C26H20F2O6.C24H20F2O2/c1-17(2)27(31)35-15-33-21-9-5-19(6-10-21)23-13-14-24(26(30)25(23)29)20-7-11-22(12-8-20)34-16-36-28(32)18(3)4;1-3-23(29)33-15-31-19-9-5-17(6-10-19)21-13-14-22(26(28)25(21)27)18-7-11-20(12-8-18)32-16-34-24(30)4-2;1-3-15-27-19-9-5-17(6-10-19)21-13-14-22(24(26)23(21)25)18-7-11-20(12-8-18)28-16-4-2/h5-14H,1,3,15-16H2,2,4H3;3-14H,1-2,15-16H2;3-14H,1-2,15-16H2. The van der Waals surface area contributed by atoms with Crippen molar-refractivity contribution in [3.63, 3.8) is 0 Å². The van der Waals surface area contributed by atoms with Crippen molar-refractivity contribution in [1.29, 1.82) is 0 Å². The Labute approximate surface area is 561 Å². The van der Waals surface area contributed by atoms with Crippen LogP contribution < -0.4 is 28.4 Å². The van der Waals surface area contributed by atoms with E-state index in [4.69, 9.17) is 47.4 Å². The van der Waals surface area contributed by atoms with Gasteiger partial charge in [0.2, 0.25) is 27.2 Å². The smallest absolute Gasteiger partial charge is 0.335 e. The molecule has 9 rings (SSSR count). The predicted octanol–water partition coefficient (Wildman–Crippen LogP) is 18.1. The molecule has 98 heavy (non-hydrogen) atoms. The second-order valence-corrected chi connectivity index (χ2v) is 20.5. The SMILES string of the molecule is C=C(C)C(=O)OCOc1ccc(-c2ccc(-c3ccc(OCOC(=O)C(=C)C)cc3)c(F)c2F)cc1.C=CC(=O)OCOc1ccc(-c2ccc(-c3ccc(OCOC(=O)C=C)cc3)c(F)c2F)cc1.C=CCOc1ccc(-c2ccc(-c3ccc(OCC=C)cc3)c(F)c2F)cc1. The average Bonchev–Trinajstić information content (AvgIpc) is 0.832. The molecule has 20 heteroatoms. The van der Waals surface area contributed by atoms with E-state index in [1.807, 2.05) is 0 Å². The highest BCUT2D eigenvalue weighted by atomic mass is 19.2. The molecule has 0 aromatic heterocycles. The van der Waals surface area contributed by atoms with E-state index in [0.29, 0.717) is 81.1 Å². The third-order valence-corrected chi connectivity index (χ3v) is 13.7. The van der Waals surface area contributed by atoms with Crippen LogP contribution in [-0.4, -0.2) is 64.3 Å². The molecule has 0 saturated carbocycles. The topological polar surface area (TPSA) is 161 Å². The van der Waals surface area contributed by atoms with Gasteiger partial charge in [0.15, 0.2) is 34.9 Å². The lowest BCUT2D eigenvalue weighted by molar-refractivity contribution is -0.146. The number of ether oxygens (including phenoxy) is 10. The molecule has 0 heterocycles. The first-order chi connectivity index (χ1) is 47.2. The molecular formula is C78H64F6O14. The summed E-state index contributed by atoms with van der Waals surface area (Å²) in [6.45, 7) is 23.3. The van der Waals surface area contributed by atoms with Crippen LogP contribution >= 0.6 is 0 Å². The van der Waals surface area contributed by atoms with Crippen LogP contribution in [0.15, 0.2) is 257 Å². The monoisotopic (exact) mass is 1340 g/mol. The van der Waals surface area contributed by atoms with E-state index < -0.39 is 58.8 Å². The molecule has 0 aliphatic rings. The van der Waals surface area contributed by atoms with Gasteiger partial charge in [0, 0.05) is 56.7 Å². The van der Waals surface area contributed by atoms with Crippen LogP contribution in [0.2, 0.25) is 0 Å². The van der Waals surface area contributed by atoms with E-state index in [-0.39, 0.29) is 71.7 Å². The maximum absolute atomic E-state index is 14.9. The Bertz CT molecular complexity index is 4030. The molecule has 0 saturated heterocycles. The molecule has 14 nitrogen and oxygen atoms in total. The maximum Gasteiger partial charge on any atom is 0.335 e. The fourth-order valence-corrected chi connectivity index (χ4v) is 8.66. The van der Waals surface area contributed by atoms with Crippen molar-refractivity contribution in [3.8, 4) is 101 Å². The van der Waals surface area contributed by atoms with Gasteiger partial charge in [-0.05, 0) is 120 Å². The summed E-state index contributed by atoms with van der Waals surface area (Å²) in [4.78, 5) is 44.8. The molecule has 0 spiro atoms. The normalized spacial score (nSPS) is 10.3. The predicted molar refractivity (Wildman–Crippen MR) is 359 cm³/mol. The van der Waals surface area contributed by atoms with Crippen LogP contribution in [0.5, 0.6) is 34.5 Å². The zero-order chi connectivity index (χ0) is 70.7. The summed E-state index contributed by atoms with van der Waals surface area (Å²) >= 11 is 0. The van der Waals surface area contributed by atoms with Gasteiger partial charge in [-0.2, -0.15) is 0 Å². The van der Waals surface area contributed by atoms with Gasteiger partial charge in [0.05, 0.1) is 0 Å². The summed E-state index contributed by atoms with van der Waals surface area (Å²) in [5.74, 6) is -5.31. The molecule has 9 aromatic carbocycles. The highest BCUT2D eigenvalue weighted by molar-refractivity contribution is 5.87. The van der Waals surface area contributed by atoms with E-state index >= 15 is 0 Å². The zero-order valence-electron chi connectivity index (χ0n) is 53.1. The highest BCUT2D eigenvalue weighted by Gasteiger charge is 2.20. The number of halogens is 6. The molecule has 0 amide bonds. The molecule has 0 aliphatic heterocycles. The molecule has 0 radical (unpaired) electrons. The minimum Gasteiger partial charge on any atom is -0.490 e. The second kappa shape index (κ2) is 36.4. The maximum atomic E-state index is 14.9. The lowest BCUT2D eigenvalue weighted by atomic mass is 9.98. The van der Waals surface area contributed by atoms with Crippen molar-refractivity contribution in [2.24, 2.45) is 0 Å². The summed E-state index contributed by atoms with van der Waals surface area (Å²) in [5.41, 5.74) is 4.12. The van der Waals surface area contributed by atoms with Crippen LogP contribution in [-0.2, 0) is 38.1 Å². The van der Waals surface area contributed by atoms with Gasteiger partial charge in [-0.25, -0.2) is 45.5 Å². The van der Waals surface area contributed by atoms with Crippen LogP contribution in [0.25, 0.3) is 66.8 Å². The molecule has 0 aliphatic carbocycles. The Balaban J connectivity index is 0.000000209. The van der Waals surface area contributed by atoms with Crippen LogP contribution in [0.3, 0.4) is 0 Å². The van der Waals surface area contributed by atoms with Crippen molar-refractivity contribution in [2.75, 3.05) is 40.4 Å². The molecule has 0 fully saturated rings. The van der Waals surface area contributed by atoms with Crippen LogP contribution in [0.4, 0.5) is 26.3 Å². The van der Waals surface area contributed by atoms with Gasteiger partial charge in [-0.15, -0.1) is 0 Å².